The van der Waals surface area contributed by atoms with E-state index in [4.69, 9.17) is 9.47 Å². The summed E-state index contributed by atoms with van der Waals surface area (Å²) in [5.74, 6) is 1.34. The maximum atomic E-state index is 12.7. The summed E-state index contributed by atoms with van der Waals surface area (Å²) in [5, 5.41) is 0. The lowest BCUT2D eigenvalue weighted by atomic mass is 10.1. The predicted octanol–water partition coefficient (Wildman–Crippen LogP) is 3.31. The van der Waals surface area contributed by atoms with Gasteiger partial charge in [-0.1, -0.05) is 25.1 Å². The van der Waals surface area contributed by atoms with Gasteiger partial charge in [0.15, 0.2) is 0 Å². The highest BCUT2D eigenvalue weighted by molar-refractivity contribution is 7.89. The molecular weight excluding hydrogens is 326 g/mol. The summed E-state index contributed by atoms with van der Waals surface area (Å²) in [6.07, 6.45) is 0.689. The molecule has 0 fully saturated rings. The van der Waals surface area contributed by atoms with Crippen molar-refractivity contribution in [2.45, 2.75) is 31.2 Å². The summed E-state index contributed by atoms with van der Waals surface area (Å²) >= 11 is 0. The van der Waals surface area contributed by atoms with E-state index < -0.39 is 16.1 Å². The molecule has 0 unspecified atom stereocenters. The van der Waals surface area contributed by atoms with Crippen molar-refractivity contribution in [2.24, 2.45) is 0 Å². The maximum absolute atomic E-state index is 12.7. The van der Waals surface area contributed by atoms with Crippen molar-refractivity contribution in [3.63, 3.8) is 0 Å². The Hall–Kier alpha value is -2.05. The number of hydrogen-bond donors (Lipinski definition) is 1. The van der Waals surface area contributed by atoms with Gasteiger partial charge in [-0.05, 0) is 43.2 Å². The van der Waals surface area contributed by atoms with Crippen molar-refractivity contribution in [1.82, 2.24) is 4.72 Å². The van der Waals surface area contributed by atoms with E-state index in [1.165, 1.54) is 0 Å². The molecule has 5 nitrogen and oxygen atoms in total. The minimum Gasteiger partial charge on any atom is -0.496 e. The number of sulfonamides is 1. The van der Waals surface area contributed by atoms with Gasteiger partial charge in [0.25, 0.3) is 0 Å². The van der Waals surface area contributed by atoms with E-state index in [0.717, 1.165) is 11.1 Å². The Balaban J connectivity index is 2.31. The van der Waals surface area contributed by atoms with E-state index in [0.29, 0.717) is 17.9 Å². The average molecular weight is 349 g/mol. The first-order valence-corrected chi connectivity index (χ1v) is 9.23. The lowest BCUT2D eigenvalue weighted by Gasteiger charge is -2.18. The maximum Gasteiger partial charge on any atom is 0.241 e. The third-order valence-electron chi connectivity index (χ3n) is 3.88. The molecule has 2 aromatic carbocycles. The van der Waals surface area contributed by atoms with Crippen molar-refractivity contribution >= 4 is 10.0 Å². The molecule has 0 aromatic heterocycles. The van der Waals surface area contributed by atoms with Crippen molar-refractivity contribution in [3.8, 4) is 11.5 Å². The van der Waals surface area contributed by atoms with Crippen LogP contribution in [0, 0.1) is 0 Å². The molecule has 1 atom stereocenters. The minimum atomic E-state index is -3.65. The van der Waals surface area contributed by atoms with Crippen LogP contribution in [-0.4, -0.2) is 22.6 Å². The van der Waals surface area contributed by atoms with Crippen LogP contribution >= 0.6 is 0 Å². The molecule has 6 heteroatoms. The number of nitrogens with one attached hydrogen (secondary N) is 1. The summed E-state index contributed by atoms with van der Waals surface area (Å²) in [6, 6.07) is 11.8. The van der Waals surface area contributed by atoms with Gasteiger partial charge in [-0.3, -0.25) is 0 Å². The fourth-order valence-electron chi connectivity index (χ4n) is 2.59. The smallest absolute Gasteiger partial charge is 0.241 e. The van der Waals surface area contributed by atoms with Crippen LogP contribution in [0.3, 0.4) is 0 Å². The van der Waals surface area contributed by atoms with Gasteiger partial charge in [-0.25, -0.2) is 13.1 Å². The quantitative estimate of drug-likeness (QED) is 0.833. The van der Waals surface area contributed by atoms with Gasteiger partial charge in [-0.2, -0.15) is 0 Å². The molecule has 0 radical (unpaired) electrons. The van der Waals surface area contributed by atoms with Crippen LogP contribution in [-0.2, 0) is 16.4 Å². The topological polar surface area (TPSA) is 64.6 Å². The summed E-state index contributed by atoms with van der Waals surface area (Å²) < 4.78 is 38.6. The summed E-state index contributed by atoms with van der Waals surface area (Å²) in [5.41, 5.74) is 1.64. The third kappa shape index (κ3) is 3.88. The molecule has 0 amide bonds. The number of methoxy groups -OCH3 is 2. The summed E-state index contributed by atoms with van der Waals surface area (Å²) in [6.45, 7) is 3.75. The molecule has 0 saturated carbocycles. The average Bonchev–Trinajstić information content (AvgIpc) is 2.60. The first-order valence-electron chi connectivity index (χ1n) is 7.75. The molecule has 1 N–H and O–H groups in total. The molecule has 0 saturated heterocycles. The van der Waals surface area contributed by atoms with Gasteiger partial charge in [0.1, 0.15) is 11.5 Å². The first-order chi connectivity index (χ1) is 11.4. The van der Waals surface area contributed by atoms with Gasteiger partial charge < -0.3 is 9.47 Å². The van der Waals surface area contributed by atoms with Gasteiger partial charge in [0.05, 0.1) is 19.1 Å². The van der Waals surface area contributed by atoms with Crippen LogP contribution in [0.15, 0.2) is 47.4 Å². The lowest BCUT2D eigenvalue weighted by Crippen LogP contribution is -2.27. The summed E-state index contributed by atoms with van der Waals surface area (Å²) in [4.78, 5) is 0.224. The largest absolute Gasteiger partial charge is 0.496 e. The Morgan fingerprint density at radius 3 is 2.33 bits per heavy atom. The SMILES string of the molecule is CCc1cc(S(=O)(=O)N[C@@H](C)c2ccccc2OC)ccc1OC. The van der Waals surface area contributed by atoms with Crippen LogP contribution in [0.2, 0.25) is 0 Å². The van der Waals surface area contributed by atoms with Crippen LogP contribution in [0.1, 0.15) is 31.0 Å². The molecule has 2 aromatic rings. The van der Waals surface area contributed by atoms with Crippen molar-refractivity contribution in [2.75, 3.05) is 14.2 Å². The van der Waals surface area contributed by atoms with E-state index in [2.05, 4.69) is 4.72 Å². The number of para-hydroxylation sites is 1. The number of ether oxygens (including phenoxy) is 2. The predicted molar refractivity (Wildman–Crippen MR) is 94.1 cm³/mol. The van der Waals surface area contributed by atoms with Gasteiger partial charge in [0, 0.05) is 11.6 Å². The molecule has 0 bridgehead atoms. The first kappa shape index (κ1) is 18.3. The highest BCUT2D eigenvalue weighted by Crippen LogP contribution is 2.27. The standard InChI is InChI=1S/C18H23NO4S/c1-5-14-12-15(10-11-17(14)22-3)24(20,21)19-13(2)16-8-6-7-9-18(16)23-4/h6-13,19H,5H2,1-4H3/t13-/m0/s1. The normalized spacial score (nSPS) is 12.7. The fraction of sp³-hybridized carbons (Fsp3) is 0.333. The van der Waals surface area contributed by atoms with Crippen molar-refractivity contribution in [1.29, 1.82) is 0 Å². The Morgan fingerprint density at radius 2 is 1.71 bits per heavy atom. The van der Waals surface area contributed by atoms with E-state index >= 15 is 0 Å². The third-order valence-corrected chi connectivity index (χ3v) is 5.42. The van der Waals surface area contributed by atoms with E-state index in [9.17, 15) is 8.42 Å². The van der Waals surface area contributed by atoms with Crippen LogP contribution in [0.4, 0.5) is 0 Å². The van der Waals surface area contributed by atoms with Gasteiger partial charge >= 0.3 is 0 Å². The Bertz CT molecular complexity index is 802. The Morgan fingerprint density at radius 1 is 1.04 bits per heavy atom. The monoisotopic (exact) mass is 349 g/mol. The van der Waals surface area contributed by atoms with E-state index in [1.807, 2.05) is 31.2 Å². The Labute approximate surface area is 143 Å². The van der Waals surface area contributed by atoms with Crippen LogP contribution in [0.5, 0.6) is 11.5 Å². The molecule has 0 aliphatic carbocycles. The van der Waals surface area contributed by atoms with E-state index in [-0.39, 0.29) is 4.90 Å². The molecule has 130 valence electrons. The van der Waals surface area contributed by atoms with Crippen LogP contribution in [0.25, 0.3) is 0 Å². The zero-order valence-corrected chi connectivity index (χ0v) is 15.2. The minimum absolute atomic E-state index is 0.224. The molecular formula is C18H23NO4S. The Kier molecular flexibility index (Phi) is 5.85. The number of benzene rings is 2. The molecule has 0 heterocycles. The molecule has 0 aliphatic rings. The second kappa shape index (κ2) is 7.68. The van der Waals surface area contributed by atoms with E-state index in [1.54, 1.807) is 39.3 Å². The fourth-order valence-corrected chi connectivity index (χ4v) is 3.86. The number of aryl methyl sites for hydroxylation is 1. The van der Waals surface area contributed by atoms with Crippen molar-refractivity contribution < 1.29 is 17.9 Å². The number of rotatable bonds is 7. The number of hydrogen-bond acceptors (Lipinski definition) is 4. The zero-order chi connectivity index (χ0) is 17.7. The van der Waals surface area contributed by atoms with Crippen LogP contribution < -0.4 is 14.2 Å². The molecule has 0 spiro atoms. The summed E-state index contributed by atoms with van der Waals surface area (Å²) in [7, 11) is -0.511. The van der Waals surface area contributed by atoms with Gasteiger partial charge in [-0.15, -0.1) is 0 Å². The highest BCUT2D eigenvalue weighted by Gasteiger charge is 2.21. The second-order valence-corrected chi connectivity index (χ2v) is 7.13. The lowest BCUT2D eigenvalue weighted by molar-refractivity contribution is 0.405. The highest BCUT2D eigenvalue weighted by atomic mass is 32.2. The van der Waals surface area contributed by atoms with Crippen molar-refractivity contribution in [3.05, 3.63) is 53.6 Å². The zero-order valence-electron chi connectivity index (χ0n) is 14.4. The molecule has 24 heavy (non-hydrogen) atoms. The van der Waals surface area contributed by atoms with Gasteiger partial charge in [0.2, 0.25) is 10.0 Å². The second-order valence-electron chi connectivity index (χ2n) is 5.41. The molecule has 2 rings (SSSR count). The molecule has 0 aliphatic heterocycles.